The minimum atomic E-state index is -0.671. The Morgan fingerprint density at radius 3 is 2.59 bits per heavy atom. The van der Waals surface area contributed by atoms with Gasteiger partial charge in [-0.2, -0.15) is 0 Å². The molecule has 0 bridgehead atoms. The molecule has 3 rings (SSSR count). The number of aliphatic hydroxyl groups excluding tert-OH is 1. The summed E-state index contributed by atoms with van der Waals surface area (Å²) < 4.78 is 10.6. The third kappa shape index (κ3) is 4.00. The lowest BCUT2D eigenvalue weighted by Gasteiger charge is -2.24. The number of methoxy groups -OCH3 is 2. The molecule has 1 aromatic carbocycles. The van der Waals surface area contributed by atoms with Crippen molar-refractivity contribution in [1.29, 1.82) is 0 Å². The fourth-order valence-corrected chi connectivity index (χ4v) is 4.37. The number of ether oxygens (including phenoxy) is 2. The highest BCUT2D eigenvalue weighted by Gasteiger charge is 2.46. The Balaban J connectivity index is 2.12. The number of rotatable bonds is 8. The number of ketones is 1. The fourth-order valence-electron chi connectivity index (χ4n) is 3.52. The maximum Gasteiger partial charge on any atom is 0.295 e. The molecule has 1 amide bonds. The zero-order valence-corrected chi connectivity index (χ0v) is 17.6. The maximum absolute atomic E-state index is 12.9. The minimum absolute atomic E-state index is 0.0948. The van der Waals surface area contributed by atoms with Crippen LogP contribution in [0.15, 0.2) is 41.3 Å². The fraction of sp³-hybridized carbons (Fsp3) is 0.364. The monoisotopic (exact) mass is 415 g/mol. The van der Waals surface area contributed by atoms with E-state index in [1.54, 1.807) is 23.1 Å². The molecule has 1 N–H and O–H groups in total. The molecule has 1 unspecified atom stereocenters. The number of hydrogen-bond acceptors (Lipinski definition) is 6. The van der Waals surface area contributed by atoms with Crippen LogP contribution >= 0.6 is 11.3 Å². The zero-order valence-electron chi connectivity index (χ0n) is 16.8. The molecule has 1 fully saturated rings. The smallest absolute Gasteiger partial charge is 0.295 e. The number of benzene rings is 1. The molecule has 1 aromatic heterocycles. The number of amides is 1. The van der Waals surface area contributed by atoms with Crippen molar-refractivity contribution in [1.82, 2.24) is 4.90 Å². The molecule has 7 heteroatoms. The Morgan fingerprint density at radius 1 is 1.17 bits per heavy atom. The number of hydrogen-bond donors (Lipinski definition) is 1. The van der Waals surface area contributed by atoms with Crippen molar-refractivity contribution >= 4 is 28.8 Å². The van der Waals surface area contributed by atoms with Gasteiger partial charge in [0, 0.05) is 17.5 Å². The van der Waals surface area contributed by atoms with E-state index in [2.05, 4.69) is 6.92 Å². The first-order valence-electron chi connectivity index (χ1n) is 9.57. The van der Waals surface area contributed by atoms with Crippen LogP contribution < -0.4 is 9.47 Å². The van der Waals surface area contributed by atoms with Crippen LogP contribution in [0.4, 0.5) is 0 Å². The van der Waals surface area contributed by atoms with E-state index in [-0.39, 0.29) is 11.3 Å². The molecule has 29 heavy (non-hydrogen) atoms. The normalized spacial score (nSPS) is 18.3. The van der Waals surface area contributed by atoms with E-state index in [4.69, 9.17) is 9.47 Å². The Kier molecular flexibility index (Phi) is 6.59. The van der Waals surface area contributed by atoms with Gasteiger partial charge in [0.05, 0.1) is 31.4 Å². The SMILES string of the molecule is CCCCCN1C(=O)C(=O)/C(=C(\O)c2ccc(OC)cc2OC)C1c1cccs1. The summed E-state index contributed by atoms with van der Waals surface area (Å²) in [5, 5.41) is 13.0. The molecule has 154 valence electrons. The molecule has 2 aromatic rings. The highest BCUT2D eigenvalue weighted by atomic mass is 32.1. The standard InChI is InChI=1S/C22H25NO5S/c1-4-5-6-11-23-19(17-8-7-12-29-17)18(21(25)22(23)26)20(24)15-10-9-14(27-2)13-16(15)28-3/h7-10,12-13,19,24H,4-6,11H2,1-3H3/b20-18-. The molecular weight excluding hydrogens is 390 g/mol. The van der Waals surface area contributed by atoms with Crippen molar-refractivity contribution in [2.75, 3.05) is 20.8 Å². The number of unbranched alkanes of at least 4 members (excludes halogenated alkanes) is 2. The molecule has 2 heterocycles. The van der Waals surface area contributed by atoms with Gasteiger partial charge in [0.25, 0.3) is 11.7 Å². The maximum atomic E-state index is 12.9. The van der Waals surface area contributed by atoms with Crippen molar-refractivity contribution in [2.24, 2.45) is 0 Å². The highest BCUT2D eigenvalue weighted by Crippen LogP contribution is 2.42. The Hall–Kier alpha value is -2.80. The summed E-state index contributed by atoms with van der Waals surface area (Å²) in [6.45, 7) is 2.55. The Bertz CT molecular complexity index is 919. The zero-order chi connectivity index (χ0) is 21.0. The van der Waals surface area contributed by atoms with Crippen LogP contribution in [0.25, 0.3) is 5.76 Å². The van der Waals surface area contributed by atoms with Gasteiger partial charge in [-0.15, -0.1) is 11.3 Å². The first-order valence-corrected chi connectivity index (χ1v) is 10.5. The van der Waals surface area contributed by atoms with E-state index < -0.39 is 17.7 Å². The second-order valence-corrected chi connectivity index (χ2v) is 7.76. The lowest BCUT2D eigenvalue weighted by atomic mass is 9.99. The summed E-state index contributed by atoms with van der Waals surface area (Å²) in [6.07, 6.45) is 2.78. The highest BCUT2D eigenvalue weighted by molar-refractivity contribution is 7.10. The molecule has 0 radical (unpaired) electrons. The summed E-state index contributed by atoms with van der Waals surface area (Å²) in [5.74, 6) is -0.555. The van der Waals surface area contributed by atoms with Crippen molar-refractivity contribution < 1.29 is 24.2 Å². The van der Waals surface area contributed by atoms with E-state index in [0.29, 0.717) is 23.6 Å². The summed E-state index contributed by atoms with van der Waals surface area (Å²) >= 11 is 1.46. The molecule has 0 spiro atoms. The lowest BCUT2D eigenvalue weighted by molar-refractivity contribution is -0.139. The van der Waals surface area contributed by atoms with Gasteiger partial charge in [0.1, 0.15) is 17.3 Å². The van der Waals surface area contributed by atoms with Crippen molar-refractivity contribution in [3.8, 4) is 11.5 Å². The van der Waals surface area contributed by atoms with Crippen molar-refractivity contribution in [3.63, 3.8) is 0 Å². The van der Waals surface area contributed by atoms with Crippen LogP contribution in [0.5, 0.6) is 11.5 Å². The topological polar surface area (TPSA) is 76.1 Å². The molecule has 1 aliphatic rings. The number of Topliss-reactive ketones (excluding diaryl/α,β-unsaturated/α-hetero) is 1. The van der Waals surface area contributed by atoms with Gasteiger partial charge in [-0.05, 0) is 30.0 Å². The van der Waals surface area contributed by atoms with Crippen LogP contribution in [0, 0.1) is 0 Å². The van der Waals surface area contributed by atoms with Crippen LogP contribution in [0.3, 0.4) is 0 Å². The summed E-state index contributed by atoms with van der Waals surface area (Å²) in [4.78, 5) is 28.1. The van der Waals surface area contributed by atoms with Gasteiger partial charge in [0.15, 0.2) is 0 Å². The van der Waals surface area contributed by atoms with E-state index in [0.717, 1.165) is 24.1 Å². The van der Waals surface area contributed by atoms with E-state index in [1.165, 1.54) is 25.6 Å². The van der Waals surface area contributed by atoms with Crippen molar-refractivity contribution in [2.45, 2.75) is 32.2 Å². The lowest BCUT2D eigenvalue weighted by Crippen LogP contribution is -2.30. The number of aliphatic hydroxyl groups is 1. The Labute approximate surface area is 174 Å². The van der Waals surface area contributed by atoms with Gasteiger partial charge in [-0.25, -0.2) is 0 Å². The number of carbonyl (C=O) groups is 2. The predicted molar refractivity (Wildman–Crippen MR) is 112 cm³/mol. The molecule has 0 saturated carbocycles. The summed E-state index contributed by atoms with van der Waals surface area (Å²) in [7, 11) is 3.01. The van der Waals surface area contributed by atoms with Gasteiger partial charge in [0.2, 0.25) is 0 Å². The third-order valence-corrected chi connectivity index (χ3v) is 5.94. The molecule has 0 aliphatic carbocycles. The summed E-state index contributed by atoms with van der Waals surface area (Å²) in [6, 6.07) is 8.09. The van der Waals surface area contributed by atoms with Crippen molar-refractivity contribution in [3.05, 3.63) is 51.7 Å². The van der Waals surface area contributed by atoms with Crippen LogP contribution in [-0.4, -0.2) is 42.5 Å². The average Bonchev–Trinajstić information content (AvgIpc) is 3.35. The number of carbonyl (C=O) groups excluding carboxylic acids is 2. The molecule has 1 atom stereocenters. The van der Waals surface area contributed by atoms with Crippen LogP contribution in [0.2, 0.25) is 0 Å². The number of thiophene rings is 1. The second-order valence-electron chi connectivity index (χ2n) is 6.78. The number of likely N-dealkylation sites (tertiary alicyclic amines) is 1. The van der Waals surface area contributed by atoms with E-state index >= 15 is 0 Å². The van der Waals surface area contributed by atoms with Gasteiger partial charge >= 0.3 is 0 Å². The van der Waals surface area contributed by atoms with Crippen LogP contribution in [0.1, 0.15) is 42.7 Å². The molecule has 1 saturated heterocycles. The van der Waals surface area contributed by atoms with E-state index in [9.17, 15) is 14.7 Å². The Morgan fingerprint density at radius 2 is 1.97 bits per heavy atom. The third-order valence-electron chi connectivity index (χ3n) is 5.02. The quantitative estimate of drug-likeness (QED) is 0.300. The number of nitrogens with zero attached hydrogens (tertiary/aromatic N) is 1. The van der Waals surface area contributed by atoms with Gasteiger partial charge in [-0.3, -0.25) is 9.59 Å². The average molecular weight is 416 g/mol. The van der Waals surface area contributed by atoms with Gasteiger partial charge in [-0.1, -0.05) is 25.8 Å². The van der Waals surface area contributed by atoms with E-state index in [1.807, 2.05) is 17.5 Å². The first-order chi connectivity index (χ1) is 14.0. The largest absolute Gasteiger partial charge is 0.507 e. The first kappa shape index (κ1) is 20.9. The second kappa shape index (κ2) is 9.13. The summed E-state index contributed by atoms with van der Waals surface area (Å²) in [5.41, 5.74) is 0.443. The molecule has 1 aliphatic heterocycles. The van der Waals surface area contributed by atoms with Crippen LogP contribution in [-0.2, 0) is 9.59 Å². The molecule has 6 nitrogen and oxygen atoms in total. The predicted octanol–water partition coefficient (Wildman–Crippen LogP) is 4.38. The molecular formula is C22H25NO5S. The minimum Gasteiger partial charge on any atom is -0.507 e. The van der Waals surface area contributed by atoms with Gasteiger partial charge < -0.3 is 19.5 Å².